The molecule has 0 saturated heterocycles. The third kappa shape index (κ3) is 4.45. The Balaban J connectivity index is 1.50. The lowest BCUT2D eigenvalue weighted by atomic mass is 10.0. The molecule has 0 bridgehead atoms. The van der Waals surface area contributed by atoms with Crippen LogP contribution >= 0.6 is 11.3 Å². The lowest BCUT2D eigenvalue weighted by molar-refractivity contribution is -0.121. The van der Waals surface area contributed by atoms with Crippen molar-refractivity contribution in [2.24, 2.45) is 0 Å². The van der Waals surface area contributed by atoms with Gasteiger partial charge < -0.3 is 10.6 Å². The Morgan fingerprint density at radius 1 is 1.08 bits per heavy atom. The van der Waals surface area contributed by atoms with Gasteiger partial charge in [-0.05, 0) is 40.8 Å². The fourth-order valence-electron chi connectivity index (χ4n) is 2.66. The molecule has 1 unspecified atom stereocenters. The Morgan fingerprint density at radius 2 is 1.88 bits per heavy atom. The van der Waals surface area contributed by atoms with Gasteiger partial charge in [0, 0.05) is 23.9 Å². The second kappa shape index (κ2) is 7.94. The third-order valence-corrected chi connectivity index (χ3v) is 4.76. The van der Waals surface area contributed by atoms with E-state index in [1.165, 1.54) is 16.7 Å². The molecule has 2 aromatic carbocycles. The summed E-state index contributed by atoms with van der Waals surface area (Å²) in [4.78, 5) is 23.9. The topological polar surface area (TPSA) is 58.2 Å². The molecule has 0 radical (unpaired) electrons. The van der Waals surface area contributed by atoms with Gasteiger partial charge in [-0.25, -0.2) is 0 Å². The highest BCUT2D eigenvalue weighted by atomic mass is 32.1. The number of rotatable bonds is 6. The minimum absolute atomic E-state index is 0.0775. The highest BCUT2D eigenvalue weighted by Gasteiger charge is 2.11. The molecule has 3 aromatic rings. The summed E-state index contributed by atoms with van der Waals surface area (Å²) in [6, 6.07) is 16.0. The van der Waals surface area contributed by atoms with E-state index >= 15 is 0 Å². The number of thiophene rings is 1. The molecule has 4 nitrogen and oxygen atoms in total. The van der Waals surface area contributed by atoms with Crippen LogP contribution in [-0.4, -0.2) is 18.4 Å². The summed E-state index contributed by atoms with van der Waals surface area (Å²) in [5.41, 5.74) is 1.70. The molecule has 1 atom stereocenters. The van der Waals surface area contributed by atoms with Crippen LogP contribution < -0.4 is 10.6 Å². The van der Waals surface area contributed by atoms with Crippen molar-refractivity contribution in [2.75, 3.05) is 6.54 Å². The molecule has 1 aromatic heterocycles. The number of hydrogen-bond donors (Lipinski definition) is 2. The van der Waals surface area contributed by atoms with E-state index in [0.717, 1.165) is 10.9 Å². The first-order chi connectivity index (χ1) is 12.1. The molecule has 25 heavy (non-hydrogen) atoms. The average molecular weight is 352 g/mol. The van der Waals surface area contributed by atoms with E-state index in [9.17, 15) is 9.59 Å². The van der Waals surface area contributed by atoms with Crippen LogP contribution in [0.3, 0.4) is 0 Å². The van der Waals surface area contributed by atoms with Crippen molar-refractivity contribution in [2.45, 2.75) is 19.4 Å². The monoisotopic (exact) mass is 352 g/mol. The van der Waals surface area contributed by atoms with E-state index in [1.54, 1.807) is 11.4 Å². The number of benzene rings is 2. The quantitative estimate of drug-likeness (QED) is 0.707. The molecular weight excluding hydrogens is 332 g/mol. The number of hydrogen-bond acceptors (Lipinski definition) is 3. The van der Waals surface area contributed by atoms with Gasteiger partial charge in [0.1, 0.15) is 0 Å². The molecular formula is C20H20N2O2S. The van der Waals surface area contributed by atoms with E-state index < -0.39 is 0 Å². The van der Waals surface area contributed by atoms with Gasteiger partial charge >= 0.3 is 0 Å². The van der Waals surface area contributed by atoms with Crippen LogP contribution in [0.1, 0.15) is 35.3 Å². The third-order valence-electron chi connectivity index (χ3n) is 4.07. The number of fused-ring (bicyclic) bond motifs is 1. The van der Waals surface area contributed by atoms with E-state index in [-0.39, 0.29) is 24.3 Å². The van der Waals surface area contributed by atoms with Gasteiger partial charge in [-0.1, -0.05) is 36.4 Å². The van der Waals surface area contributed by atoms with Gasteiger partial charge in [-0.2, -0.15) is 11.3 Å². The predicted molar refractivity (Wildman–Crippen MR) is 102 cm³/mol. The molecule has 0 aliphatic carbocycles. The van der Waals surface area contributed by atoms with Crippen molar-refractivity contribution < 1.29 is 9.59 Å². The van der Waals surface area contributed by atoms with Crippen molar-refractivity contribution in [1.82, 2.24) is 10.6 Å². The second-order valence-electron chi connectivity index (χ2n) is 5.91. The summed E-state index contributed by atoms with van der Waals surface area (Å²) in [6.07, 6.45) is 0.258. The summed E-state index contributed by atoms with van der Waals surface area (Å²) >= 11 is 1.47. The Kier molecular flexibility index (Phi) is 5.46. The smallest absolute Gasteiger partial charge is 0.252 e. The van der Waals surface area contributed by atoms with Crippen LogP contribution in [0, 0.1) is 0 Å². The van der Waals surface area contributed by atoms with Gasteiger partial charge in [0.2, 0.25) is 5.91 Å². The minimum Gasteiger partial charge on any atom is -0.351 e. The van der Waals surface area contributed by atoms with Crippen LogP contribution in [0.15, 0.2) is 59.3 Å². The van der Waals surface area contributed by atoms with E-state index in [1.807, 2.05) is 30.5 Å². The molecule has 0 saturated carbocycles. The summed E-state index contributed by atoms with van der Waals surface area (Å²) < 4.78 is 0. The fourth-order valence-corrected chi connectivity index (χ4v) is 3.30. The molecule has 3 rings (SSSR count). The molecule has 0 aliphatic rings. The zero-order chi connectivity index (χ0) is 17.6. The zero-order valence-corrected chi connectivity index (χ0v) is 14.8. The van der Waals surface area contributed by atoms with Gasteiger partial charge in [-0.15, -0.1) is 0 Å². The van der Waals surface area contributed by atoms with E-state index in [4.69, 9.17) is 0 Å². The standard InChI is InChI=1S/C20H20N2O2S/c1-14(16-7-6-15-4-2-3-5-17(15)12-16)22-19(23)8-10-21-20(24)18-9-11-25-13-18/h2-7,9,11-14H,8,10H2,1H3,(H,21,24)(H,22,23). The lowest BCUT2D eigenvalue weighted by Gasteiger charge is -2.15. The van der Waals surface area contributed by atoms with Crippen molar-refractivity contribution in [3.8, 4) is 0 Å². The number of carbonyl (C=O) groups is 2. The molecule has 128 valence electrons. The molecule has 0 spiro atoms. The molecule has 1 heterocycles. The number of nitrogens with one attached hydrogen (secondary N) is 2. The van der Waals surface area contributed by atoms with E-state index in [2.05, 4.69) is 34.9 Å². The highest BCUT2D eigenvalue weighted by Crippen LogP contribution is 2.20. The van der Waals surface area contributed by atoms with E-state index in [0.29, 0.717) is 12.1 Å². The van der Waals surface area contributed by atoms with Gasteiger partial charge in [0.25, 0.3) is 5.91 Å². The summed E-state index contributed by atoms with van der Waals surface area (Å²) in [5, 5.41) is 11.7. The lowest BCUT2D eigenvalue weighted by Crippen LogP contribution is -2.31. The van der Waals surface area contributed by atoms with Gasteiger partial charge in [0.05, 0.1) is 6.04 Å². The number of carbonyl (C=O) groups excluding carboxylic acids is 2. The first kappa shape index (κ1) is 17.2. The molecule has 2 N–H and O–H groups in total. The molecule has 5 heteroatoms. The van der Waals surface area contributed by atoms with Gasteiger partial charge in [-0.3, -0.25) is 9.59 Å². The maximum Gasteiger partial charge on any atom is 0.252 e. The Morgan fingerprint density at radius 3 is 2.64 bits per heavy atom. The normalized spacial score (nSPS) is 11.9. The highest BCUT2D eigenvalue weighted by molar-refractivity contribution is 7.08. The Hall–Kier alpha value is -2.66. The molecule has 0 aliphatic heterocycles. The Labute approximate surface area is 150 Å². The van der Waals surface area contributed by atoms with Crippen LogP contribution in [0.5, 0.6) is 0 Å². The molecule has 2 amide bonds. The van der Waals surface area contributed by atoms with Crippen LogP contribution in [0.4, 0.5) is 0 Å². The van der Waals surface area contributed by atoms with Crippen LogP contribution in [-0.2, 0) is 4.79 Å². The second-order valence-corrected chi connectivity index (χ2v) is 6.69. The van der Waals surface area contributed by atoms with Gasteiger partial charge in [0.15, 0.2) is 0 Å². The first-order valence-corrected chi connectivity index (χ1v) is 9.16. The predicted octanol–water partition coefficient (Wildman–Crippen LogP) is 3.90. The summed E-state index contributed by atoms with van der Waals surface area (Å²) in [5.74, 6) is -0.220. The van der Waals surface area contributed by atoms with Crippen molar-refractivity contribution in [3.63, 3.8) is 0 Å². The van der Waals surface area contributed by atoms with Crippen molar-refractivity contribution in [1.29, 1.82) is 0 Å². The first-order valence-electron chi connectivity index (χ1n) is 8.22. The van der Waals surface area contributed by atoms with Crippen molar-refractivity contribution >= 4 is 33.9 Å². The largest absolute Gasteiger partial charge is 0.351 e. The van der Waals surface area contributed by atoms with Crippen LogP contribution in [0.2, 0.25) is 0 Å². The van der Waals surface area contributed by atoms with Crippen LogP contribution in [0.25, 0.3) is 10.8 Å². The summed E-state index contributed by atoms with van der Waals surface area (Å²) in [6.45, 7) is 2.29. The molecule has 0 fully saturated rings. The fraction of sp³-hybridized carbons (Fsp3) is 0.200. The maximum atomic E-state index is 12.1. The maximum absolute atomic E-state index is 12.1. The summed E-state index contributed by atoms with van der Waals surface area (Å²) in [7, 11) is 0. The van der Waals surface area contributed by atoms with Crippen molar-refractivity contribution in [3.05, 3.63) is 70.4 Å². The minimum atomic E-state index is -0.142. The average Bonchev–Trinajstić information content (AvgIpc) is 3.16. The Bertz CT molecular complexity index is 874. The SMILES string of the molecule is CC(NC(=O)CCNC(=O)c1ccsc1)c1ccc2ccccc2c1. The zero-order valence-electron chi connectivity index (χ0n) is 14.0. The number of amides is 2.